The van der Waals surface area contributed by atoms with E-state index in [0.29, 0.717) is 5.92 Å². The highest BCUT2D eigenvalue weighted by Crippen LogP contribution is 2.24. The van der Waals surface area contributed by atoms with Gasteiger partial charge in [0.15, 0.2) is 0 Å². The summed E-state index contributed by atoms with van der Waals surface area (Å²) in [5.41, 5.74) is -0.173. The molecule has 3 nitrogen and oxygen atoms in total. The maximum atomic E-state index is 11.8. The largest absolute Gasteiger partial charge is 0.355 e. The van der Waals surface area contributed by atoms with Gasteiger partial charge in [-0.05, 0) is 25.8 Å². The minimum absolute atomic E-state index is 0.173. The second kappa shape index (κ2) is 4.78. The number of rotatable bonds is 4. The molecule has 14 heavy (non-hydrogen) atoms. The minimum Gasteiger partial charge on any atom is -0.355 e. The Kier molecular flexibility index (Phi) is 3.93. The van der Waals surface area contributed by atoms with Crippen molar-refractivity contribution in [2.75, 3.05) is 19.6 Å². The molecule has 1 saturated heterocycles. The molecule has 2 N–H and O–H groups in total. The third-order valence-electron chi connectivity index (χ3n) is 3.22. The van der Waals surface area contributed by atoms with Crippen LogP contribution in [0.4, 0.5) is 0 Å². The topological polar surface area (TPSA) is 41.1 Å². The monoisotopic (exact) mass is 198 g/mol. The van der Waals surface area contributed by atoms with Crippen molar-refractivity contribution in [3.63, 3.8) is 0 Å². The molecule has 3 heteroatoms. The predicted octanol–water partition coefficient (Wildman–Crippen LogP) is 1.15. The summed E-state index contributed by atoms with van der Waals surface area (Å²) in [7, 11) is 0. The standard InChI is InChI=1S/C11H22N2O/c1-4-9(2)7-13-10(14)11(3)5-6-12-8-11/h9,12H,4-8H2,1-3H3,(H,13,14). The van der Waals surface area contributed by atoms with E-state index in [-0.39, 0.29) is 11.3 Å². The maximum absolute atomic E-state index is 11.8. The normalized spacial score (nSPS) is 28.8. The molecule has 0 saturated carbocycles. The molecule has 2 unspecified atom stereocenters. The molecule has 0 aromatic heterocycles. The number of hydrogen-bond acceptors (Lipinski definition) is 2. The van der Waals surface area contributed by atoms with Crippen molar-refractivity contribution in [1.82, 2.24) is 10.6 Å². The lowest BCUT2D eigenvalue weighted by Crippen LogP contribution is -2.41. The van der Waals surface area contributed by atoms with Crippen LogP contribution in [0.5, 0.6) is 0 Å². The van der Waals surface area contributed by atoms with Crippen molar-refractivity contribution in [1.29, 1.82) is 0 Å². The second-order valence-corrected chi connectivity index (χ2v) is 4.71. The summed E-state index contributed by atoms with van der Waals surface area (Å²) in [5.74, 6) is 0.791. The molecule has 1 aliphatic heterocycles. The van der Waals surface area contributed by atoms with Gasteiger partial charge in [-0.3, -0.25) is 4.79 Å². The molecule has 0 spiro atoms. The van der Waals surface area contributed by atoms with E-state index in [1.54, 1.807) is 0 Å². The van der Waals surface area contributed by atoms with Gasteiger partial charge in [-0.25, -0.2) is 0 Å². The summed E-state index contributed by atoms with van der Waals surface area (Å²) >= 11 is 0. The van der Waals surface area contributed by atoms with E-state index >= 15 is 0 Å². The van der Waals surface area contributed by atoms with Gasteiger partial charge in [-0.2, -0.15) is 0 Å². The number of carbonyl (C=O) groups is 1. The molecule has 1 rings (SSSR count). The summed E-state index contributed by atoms with van der Waals surface area (Å²) in [6.07, 6.45) is 2.08. The predicted molar refractivity (Wildman–Crippen MR) is 58.1 cm³/mol. The number of hydrogen-bond donors (Lipinski definition) is 2. The minimum atomic E-state index is -0.173. The molecular weight excluding hydrogens is 176 g/mol. The van der Waals surface area contributed by atoms with Gasteiger partial charge in [-0.15, -0.1) is 0 Å². The lowest BCUT2D eigenvalue weighted by atomic mass is 9.88. The molecule has 1 aliphatic rings. The lowest BCUT2D eigenvalue weighted by Gasteiger charge is -2.22. The first-order valence-corrected chi connectivity index (χ1v) is 5.57. The third-order valence-corrected chi connectivity index (χ3v) is 3.22. The Bertz CT molecular complexity index is 197. The first-order chi connectivity index (χ1) is 6.58. The first-order valence-electron chi connectivity index (χ1n) is 5.57. The number of carbonyl (C=O) groups excluding carboxylic acids is 1. The van der Waals surface area contributed by atoms with Gasteiger partial charge in [-0.1, -0.05) is 20.3 Å². The Morgan fingerprint density at radius 3 is 2.86 bits per heavy atom. The molecule has 82 valence electrons. The molecular formula is C11H22N2O. The van der Waals surface area contributed by atoms with Gasteiger partial charge in [0.1, 0.15) is 0 Å². The van der Waals surface area contributed by atoms with Crippen molar-refractivity contribution in [3.05, 3.63) is 0 Å². The van der Waals surface area contributed by atoms with Gasteiger partial charge >= 0.3 is 0 Å². The molecule has 0 aromatic carbocycles. The quantitative estimate of drug-likeness (QED) is 0.711. The van der Waals surface area contributed by atoms with E-state index in [2.05, 4.69) is 24.5 Å². The molecule has 0 aromatic rings. The molecule has 0 aliphatic carbocycles. The molecule has 0 radical (unpaired) electrons. The van der Waals surface area contributed by atoms with Gasteiger partial charge in [0.2, 0.25) is 5.91 Å². The average Bonchev–Trinajstić information content (AvgIpc) is 2.62. The summed E-state index contributed by atoms with van der Waals surface area (Å²) in [4.78, 5) is 11.8. The van der Waals surface area contributed by atoms with E-state index in [0.717, 1.165) is 32.5 Å². The lowest BCUT2D eigenvalue weighted by molar-refractivity contribution is -0.129. The Balaban J connectivity index is 2.34. The molecule has 0 bridgehead atoms. The Morgan fingerprint density at radius 1 is 1.64 bits per heavy atom. The van der Waals surface area contributed by atoms with Crippen molar-refractivity contribution in [3.8, 4) is 0 Å². The second-order valence-electron chi connectivity index (χ2n) is 4.71. The van der Waals surface area contributed by atoms with Crippen LogP contribution in [-0.4, -0.2) is 25.5 Å². The fourth-order valence-corrected chi connectivity index (χ4v) is 1.64. The van der Waals surface area contributed by atoms with Crippen LogP contribution in [0, 0.1) is 11.3 Å². The van der Waals surface area contributed by atoms with Crippen LogP contribution in [0.15, 0.2) is 0 Å². The third kappa shape index (κ3) is 2.71. The van der Waals surface area contributed by atoms with E-state index < -0.39 is 0 Å². The highest BCUT2D eigenvalue weighted by Gasteiger charge is 2.35. The van der Waals surface area contributed by atoms with E-state index in [1.165, 1.54) is 0 Å². The molecule has 2 atom stereocenters. The Labute approximate surface area is 86.6 Å². The van der Waals surface area contributed by atoms with Crippen LogP contribution >= 0.6 is 0 Å². The van der Waals surface area contributed by atoms with Gasteiger partial charge in [0.05, 0.1) is 5.41 Å². The van der Waals surface area contributed by atoms with Crippen LogP contribution in [-0.2, 0) is 4.79 Å². The van der Waals surface area contributed by atoms with Crippen molar-refractivity contribution in [2.45, 2.75) is 33.6 Å². The first kappa shape index (κ1) is 11.5. The maximum Gasteiger partial charge on any atom is 0.227 e. The summed E-state index contributed by atoms with van der Waals surface area (Å²) < 4.78 is 0. The van der Waals surface area contributed by atoms with Crippen molar-refractivity contribution in [2.24, 2.45) is 11.3 Å². The van der Waals surface area contributed by atoms with E-state index in [1.807, 2.05) is 6.92 Å². The molecule has 1 heterocycles. The highest BCUT2D eigenvalue weighted by molar-refractivity contribution is 5.82. The SMILES string of the molecule is CCC(C)CNC(=O)C1(C)CCNC1. The summed E-state index contributed by atoms with van der Waals surface area (Å²) in [6, 6.07) is 0. The number of amides is 1. The summed E-state index contributed by atoms with van der Waals surface area (Å²) in [5, 5.41) is 6.27. The van der Waals surface area contributed by atoms with Gasteiger partial charge in [0.25, 0.3) is 0 Å². The molecule has 1 fully saturated rings. The number of nitrogens with one attached hydrogen (secondary N) is 2. The Hall–Kier alpha value is -0.570. The van der Waals surface area contributed by atoms with Crippen LogP contribution in [0.3, 0.4) is 0 Å². The van der Waals surface area contributed by atoms with Crippen molar-refractivity contribution < 1.29 is 4.79 Å². The van der Waals surface area contributed by atoms with Crippen LogP contribution in [0.25, 0.3) is 0 Å². The zero-order valence-electron chi connectivity index (χ0n) is 9.52. The summed E-state index contributed by atoms with van der Waals surface area (Å²) in [6.45, 7) is 8.95. The zero-order chi connectivity index (χ0) is 10.6. The molecule has 1 amide bonds. The van der Waals surface area contributed by atoms with Gasteiger partial charge < -0.3 is 10.6 Å². The fraction of sp³-hybridized carbons (Fsp3) is 0.909. The average molecular weight is 198 g/mol. The van der Waals surface area contributed by atoms with Crippen LogP contribution in [0.2, 0.25) is 0 Å². The Morgan fingerprint density at radius 2 is 2.36 bits per heavy atom. The van der Waals surface area contributed by atoms with Gasteiger partial charge in [0, 0.05) is 13.1 Å². The van der Waals surface area contributed by atoms with E-state index in [4.69, 9.17) is 0 Å². The van der Waals surface area contributed by atoms with Crippen molar-refractivity contribution >= 4 is 5.91 Å². The highest BCUT2D eigenvalue weighted by atomic mass is 16.2. The van der Waals surface area contributed by atoms with E-state index in [9.17, 15) is 4.79 Å². The smallest absolute Gasteiger partial charge is 0.227 e. The van der Waals surface area contributed by atoms with Crippen LogP contribution < -0.4 is 10.6 Å². The fourth-order valence-electron chi connectivity index (χ4n) is 1.64. The van der Waals surface area contributed by atoms with Crippen LogP contribution in [0.1, 0.15) is 33.6 Å². The zero-order valence-corrected chi connectivity index (χ0v) is 9.52.